The fourth-order valence-electron chi connectivity index (χ4n) is 4.66. The van der Waals surface area contributed by atoms with Crippen LogP contribution in [0.2, 0.25) is 0 Å². The molecule has 3 amide bonds. The molecule has 34 heavy (non-hydrogen) atoms. The van der Waals surface area contributed by atoms with E-state index in [0.29, 0.717) is 19.6 Å². The van der Waals surface area contributed by atoms with Crippen molar-refractivity contribution in [1.82, 2.24) is 15.1 Å². The molecule has 0 spiro atoms. The van der Waals surface area contributed by atoms with Gasteiger partial charge in [-0.25, -0.2) is 9.18 Å². The number of carbonyl (C=O) groups is 2. The van der Waals surface area contributed by atoms with Crippen molar-refractivity contribution in [1.29, 1.82) is 0 Å². The molecule has 2 aliphatic heterocycles. The highest BCUT2D eigenvalue weighted by atomic mass is 19.1. The zero-order chi connectivity index (χ0) is 23.9. The number of anilines is 2. The van der Waals surface area contributed by atoms with E-state index >= 15 is 0 Å². The number of nitrogens with zero attached hydrogens (tertiary/aromatic N) is 3. The van der Waals surface area contributed by atoms with Crippen LogP contribution in [0.5, 0.6) is 0 Å². The van der Waals surface area contributed by atoms with Gasteiger partial charge in [0.05, 0.1) is 5.92 Å². The molecule has 2 aromatic rings. The quantitative estimate of drug-likeness (QED) is 0.684. The van der Waals surface area contributed by atoms with Gasteiger partial charge < -0.3 is 20.4 Å². The molecule has 2 heterocycles. The monoisotopic (exact) mass is 467 g/mol. The first-order valence-electron chi connectivity index (χ1n) is 12.1. The molecule has 2 N–H and O–H groups in total. The molecule has 2 fully saturated rings. The van der Waals surface area contributed by atoms with Crippen molar-refractivity contribution < 1.29 is 14.0 Å². The fourth-order valence-corrected chi connectivity index (χ4v) is 4.66. The minimum absolute atomic E-state index is 0.0259. The number of nitrogens with one attached hydrogen (secondary N) is 2. The first-order chi connectivity index (χ1) is 16.5. The van der Waals surface area contributed by atoms with Crippen molar-refractivity contribution in [2.45, 2.75) is 19.8 Å². The summed E-state index contributed by atoms with van der Waals surface area (Å²) in [4.78, 5) is 31.7. The normalized spacial score (nSPS) is 19.1. The average Bonchev–Trinajstić information content (AvgIpc) is 2.85. The number of hydrogen-bond donors (Lipinski definition) is 2. The Morgan fingerprint density at radius 2 is 1.79 bits per heavy atom. The van der Waals surface area contributed by atoms with Crippen molar-refractivity contribution in [3.8, 4) is 0 Å². The van der Waals surface area contributed by atoms with Crippen LogP contribution in [0.15, 0.2) is 48.5 Å². The fraction of sp³-hybridized carbons (Fsp3) is 0.462. The van der Waals surface area contributed by atoms with Gasteiger partial charge in [0.2, 0.25) is 5.91 Å². The van der Waals surface area contributed by atoms with E-state index in [2.05, 4.69) is 20.4 Å². The van der Waals surface area contributed by atoms with Gasteiger partial charge in [-0.2, -0.15) is 0 Å². The van der Waals surface area contributed by atoms with Crippen molar-refractivity contribution in [3.05, 3.63) is 59.9 Å². The largest absolute Gasteiger partial charge is 0.369 e. The Hall–Kier alpha value is -3.13. The van der Waals surface area contributed by atoms with Gasteiger partial charge in [-0.3, -0.25) is 9.69 Å². The van der Waals surface area contributed by atoms with E-state index in [4.69, 9.17) is 0 Å². The van der Waals surface area contributed by atoms with Gasteiger partial charge in [0, 0.05) is 63.7 Å². The van der Waals surface area contributed by atoms with Crippen LogP contribution >= 0.6 is 0 Å². The number of rotatable bonds is 6. The lowest BCUT2D eigenvalue weighted by atomic mass is 9.97. The number of aryl methyl sites for hydroxylation is 1. The summed E-state index contributed by atoms with van der Waals surface area (Å²) in [6.45, 7) is 8.07. The predicted octanol–water partition coefficient (Wildman–Crippen LogP) is 3.32. The molecule has 0 saturated carbocycles. The molecular formula is C26H34FN5O2. The number of hydrogen-bond acceptors (Lipinski definition) is 4. The molecule has 182 valence electrons. The number of piperidine rings is 1. The molecule has 2 aliphatic rings. The van der Waals surface area contributed by atoms with Crippen LogP contribution in [0.4, 0.5) is 20.6 Å². The Kier molecular flexibility index (Phi) is 8.00. The van der Waals surface area contributed by atoms with Gasteiger partial charge in [-0.15, -0.1) is 0 Å². The first-order valence-corrected chi connectivity index (χ1v) is 12.1. The number of piperazine rings is 1. The smallest absolute Gasteiger partial charge is 0.321 e. The van der Waals surface area contributed by atoms with Crippen LogP contribution in [-0.4, -0.2) is 74.1 Å². The second-order valence-electron chi connectivity index (χ2n) is 9.18. The molecule has 1 unspecified atom stereocenters. The summed E-state index contributed by atoms with van der Waals surface area (Å²) >= 11 is 0. The minimum atomic E-state index is -0.217. The highest BCUT2D eigenvalue weighted by Crippen LogP contribution is 2.19. The summed E-state index contributed by atoms with van der Waals surface area (Å²) < 4.78 is 13.1. The number of amides is 3. The molecule has 0 aliphatic carbocycles. The van der Waals surface area contributed by atoms with Crippen LogP contribution in [0, 0.1) is 18.7 Å². The summed E-state index contributed by atoms with van der Waals surface area (Å²) in [6, 6.07) is 14.2. The number of carbonyl (C=O) groups excluding carboxylic acids is 2. The van der Waals surface area contributed by atoms with Gasteiger partial charge in [-0.1, -0.05) is 12.1 Å². The lowest BCUT2D eigenvalue weighted by Crippen LogP contribution is -2.50. The summed E-state index contributed by atoms with van der Waals surface area (Å²) in [7, 11) is 0. The van der Waals surface area contributed by atoms with Gasteiger partial charge in [0.25, 0.3) is 0 Å². The van der Waals surface area contributed by atoms with Gasteiger partial charge in [0.15, 0.2) is 0 Å². The van der Waals surface area contributed by atoms with E-state index in [1.807, 2.05) is 43.3 Å². The highest BCUT2D eigenvalue weighted by molar-refractivity contribution is 5.90. The molecule has 2 saturated heterocycles. The summed E-state index contributed by atoms with van der Waals surface area (Å²) in [5, 5.41) is 6.01. The predicted molar refractivity (Wildman–Crippen MR) is 133 cm³/mol. The number of benzene rings is 2. The molecule has 1 atom stereocenters. The second kappa shape index (κ2) is 11.3. The Bertz CT molecular complexity index is 975. The lowest BCUT2D eigenvalue weighted by Gasteiger charge is -2.36. The molecule has 0 radical (unpaired) electrons. The molecule has 2 aromatic carbocycles. The topological polar surface area (TPSA) is 67.9 Å². The minimum Gasteiger partial charge on any atom is -0.369 e. The zero-order valence-corrected chi connectivity index (χ0v) is 19.8. The maximum atomic E-state index is 13.1. The Morgan fingerprint density at radius 3 is 2.53 bits per heavy atom. The molecule has 8 heteroatoms. The zero-order valence-electron chi connectivity index (χ0n) is 19.8. The van der Waals surface area contributed by atoms with E-state index in [-0.39, 0.29) is 23.7 Å². The van der Waals surface area contributed by atoms with Crippen LogP contribution in [-0.2, 0) is 4.79 Å². The summed E-state index contributed by atoms with van der Waals surface area (Å²) in [6.07, 6.45) is 1.63. The van der Waals surface area contributed by atoms with E-state index in [1.165, 1.54) is 12.1 Å². The second-order valence-corrected chi connectivity index (χ2v) is 9.18. The highest BCUT2D eigenvalue weighted by Gasteiger charge is 2.28. The first kappa shape index (κ1) is 24.0. The summed E-state index contributed by atoms with van der Waals surface area (Å²) in [5.74, 6) is -0.364. The molecule has 7 nitrogen and oxygen atoms in total. The molecule has 0 aromatic heterocycles. The standard InChI is InChI=1S/C26H34FN5O2/c1-20-4-2-6-23(18-20)29-26(34)32-12-3-5-21(19-32)25(33)28-11-13-30-14-16-31(17-15-30)24-9-7-22(27)8-10-24/h2,4,6-10,18,21H,3,5,11-17,19H2,1H3,(H,28,33)(H,29,34). The summed E-state index contributed by atoms with van der Waals surface area (Å²) in [5.41, 5.74) is 2.91. The van der Waals surface area contributed by atoms with Crippen molar-refractivity contribution >= 4 is 23.3 Å². The van der Waals surface area contributed by atoms with E-state index < -0.39 is 0 Å². The lowest BCUT2D eigenvalue weighted by molar-refractivity contribution is -0.126. The van der Waals surface area contributed by atoms with Crippen molar-refractivity contribution in [2.24, 2.45) is 5.92 Å². The molecule has 4 rings (SSSR count). The van der Waals surface area contributed by atoms with Gasteiger partial charge in [-0.05, 0) is 61.7 Å². The van der Waals surface area contributed by atoms with Crippen molar-refractivity contribution in [3.63, 3.8) is 0 Å². The van der Waals surface area contributed by atoms with Gasteiger partial charge >= 0.3 is 6.03 Å². The average molecular weight is 468 g/mol. The third-order valence-electron chi connectivity index (χ3n) is 6.64. The number of halogens is 1. The number of urea groups is 1. The van der Waals surface area contributed by atoms with Gasteiger partial charge in [0.1, 0.15) is 5.82 Å². The van der Waals surface area contributed by atoms with E-state index in [0.717, 1.165) is 62.5 Å². The Morgan fingerprint density at radius 1 is 1.03 bits per heavy atom. The Labute approximate surface area is 200 Å². The number of likely N-dealkylation sites (tertiary alicyclic amines) is 1. The van der Waals surface area contributed by atoms with Crippen LogP contribution in [0.3, 0.4) is 0 Å². The van der Waals surface area contributed by atoms with E-state index in [1.54, 1.807) is 4.90 Å². The van der Waals surface area contributed by atoms with Crippen LogP contribution in [0.1, 0.15) is 18.4 Å². The third kappa shape index (κ3) is 6.47. The maximum absolute atomic E-state index is 13.1. The molecular weight excluding hydrogens is 433 g/mol. The maximum Gasteiger partial charge on any atom is 0.321 e. The Balaban J connectivity index is 1.17. The van der Waals surface area contributed by atoms with Crippen molar-refractivity contribution in [2.75, 3.05) is 62.6 Å². The van der Waals surface area contributed by atoms with Crippen LogP contribution in [0.25, 0.3) is 0 Å². The van der Waals surface area contributed by atoms with E-state index in [9.17, 15) is 14.0 Å². The third-order valence-corrected chi connectivity index (χ3v) is 6.64. The molecule has 0 bridgehead atoms. The SMILES string of the molecule is Cc1cccc(NC(=O)N2CCCC(C(=O)NCCN3CCN(c4ccc(F)cc4)CC3)C2)c1. The van der Waals surface area contributed by atoms with Crippen LogP contribution < -0.4 is 15.5 Å².